The quantitative estimate of drug-likeness (QED) is 0.667. The molecule has 1 aromatic rings. The third-order valence-corrected chi connectivity index (χ3v) is 4.65. The second-order valence-corrected chi connectivity index (χ2v) is 7.10. The fourth-order valence-corrected chi connectivity index (χ4v) is 3.30. The molecule has 0 unspecified atom stereocenters. The fraction of sp³-hybridized carbons (Fsp3) is 0.571. The van der Waals surface area contributed by atoms with Crippen molar-refractivity contribution < 1.29 is 14.3 Å². The number of halogens is 1. The van der Waals surface area contributed by atoms with Crippen LogP contribution >= 0.6 is 27.3 Å². The van der Waals surface area contributed by atoms with Gasteiger partial charge in [-0.05, 0) is 47.3 Å². The van der Waals surface area contributed by atoms with Crippen LogP contribution in [0.5, 0.6) is 0 Å². The summed E-state index contributed by atoms with van der Waals surface area (Å²) in [4.78, 5) is 25.8. The van der Waals surface area contributed by atoms with E-state index in [2.05, 4.69) is 26.7 Å². The molecule has 112 valence electrons. The molecule has 0 radical (unpaired) electrons. The van der Waals surface area contributed by atoms with Crippen LogP contribution in [-0.2, 0) is 20.7 Å². The maximum atomic E-state index is 11.9. The first kappa shape index (κ1) is 17.2. The molecule has 4 nitrogen and oxygen atoms in total. The summed E-state index contributed by atoms with van der Waals surface area (Å²) in [6.45, 7) is 0.596. The summed E-state index contributed by atoms with van der Waals surface area (Å²) in [6, 6.07) is 4.11. The molecule has 20 heavy (non-hydrogen) atoms. The Balaban J connectivity index is 2.16. The van der Waals surface area contributed by atoms with Gasteiger partial charge in [0.25, 0.3) is 0 Å². The summed E-state index contributed by atoms with van der Waals surface area (Å²) in [5.41, 5.74) is 0. The van der Waals surface area contributed by atoms with Crippen LogP contribution in [-0.4, -0.2) is 37.5 Å². The molecule has 6 heteroatoms. The molecule has 1 aromatic heterocycles. The molecule has 0 saturated heterocycles. The predicted octanol–water partition coefficient (Wildman–Crippen LogP) is 3.24. The largest absolute Gasteiger partial charge is 0.469 e. The van der Waals surface area contributed by atoms with E-state index >= 15 is 0 Å². The Morgan fingerprint density at radius 1 is 1.30 bits per heavy atom. The maximum Gasteiger partial charge on any atom is 0.305 e. The van der Waals surface area contributed by atoms with Gasteiger partial charge in [-0.25, -0.2) is 0 Å². The van der Waals surface area contributed by atoms with Crippen molar-refractivity contribution in [3.63, 3.8) is 0 Å². The molecule has 1 rings (SSSR count). The Kier molecular flexibility index (Phi) is 7.84. The highest BCUT2D eigenvalue weighted by molar-refractivity contribution is 9.11. The van der Waals surface area contributed by atoms with E-state index in [9.17, 15) is 9.59 Å². The lowest BCUT2D eigenvalue weighted by atomic mass is 10.2. The molecule has 0 spiro atoms. The molecule has 0 aliphatic carbocycles. The molecule has 0 fully saturated rings. The van der Waals surface area contributed by atoms with Crippen LogP contribution in [0.2, 0.25) is 0 Å². The number of ether oxygens (including phenoxy) is 1. The number of aryl methyl sites for hydroxylation is 1. The van der Waals surface area contributed by atoms with E-state index in [-0.39, 0.29) is 11.9 Å². The highest BCUT2D eigenvalue weighted by Crippen LogP contribution is 2.23. The predicted molar refractivity (Wildman–Crippen MR) is 83.8 cm³/mol. The number of esters is 1. The third kappa shape index (κ3) is 6.52. The molecule has 0 saturated carbocycles. The van der Waals surface area contributed by atoms with Gasteiger partial charge in [0.1, 0.15) is 0 Å². The van der Waals surface area contributed by atoms with Gasteiger partial charge in [-0.15, -0.1) is 11.3 Å². The minimum absolute atomic E-state index is 0.130. The van der Waals surface area contributed by atoms with Crippen molar-refractivity contribution in [2.45, 2.75) is 32.1 Å². The van der Waals surface area contributed by atoms with Crippen molar-refractivity contribution in [3.8, 4) is 0 Å². The number of thiophene rings is 1. The number of hydrogen-bond donors (Lipinski definition) is 0. The number of nitrogens with zero attached hydrogens (tertiary/aromatic N) is 1. The summed E-state index contributed by atoms with van der Waals surface area (Å²) in [6.07, 6.45) is 3.33. The standard InChI is InChI=1S/C14H20BrNO3S/c1-16(10-4-7-14(18)19-2)13(17)6-3-5-11-8-9-12(15)20-11/h8-9H,3-7,10H2,1-2H3. The van der Waals surface area contributed by atoms with Crippen LogP contribution < -0.4 is 0 Å². The van der Waals surface area contributed by atoms with Crippen molar-refractivity contribution in [3.05, 3.63) is 20.8 Å². The van der Waals surface area contributed by atoms with Gasteiger partial charge in [0, 0.05) is 31.3 Å². The smallest absolute Gasteiger partial charge is 0.305 e. The molecule has 0 bridgehead atoms. The Bertz CT molecular complexity index is 447. The van der Waals surface area contributed by atoms with Gasteiger partial charge in [-0.3, -0.25) is 9.59 Å². The summed E-state index contributed by atoms with van der Waals surface area (Å²) >= 11 is 5.14. The number of methoxy groups -OCH3 is 1. The topological polar surface area (TPSA) is 46.6 Å². The van der Waals surface area contributed by atoms with Crippen LogP contribution in [0.1, 0.15) is 30.6 Å². The monoisotopic (exact) mass is 361 g/mol. The first-order valence-corrected chi connectivity index (χ1v) is 8.19. The number of carbonyl (C=O) groups is 2. The average molecular weight is 362 g/mol. The number of amides is 1. The second kappa shape index (κ2) is 9.13. The van der Waals surface area contributed by atoms with Crippen LogP contribution in [0, 0.1) is 0 Å². The highest BCUT2D eigenvalue weighted by atomic mass is 79.9. The molecule has 1 amide bonds. The van der Waals surface area contributed by atoms with E-state index in [0.29, 0.717) is 25.8 Å². The zero-order valence-electron chi connectivity index (χ0n) is 11.9. The molecule has 0 aliphatic rings. The SMILES string of the molecule is COC(=O)CCCN(C)C(=O)CCCc1ccc(Br)s1. The van der Waals surface area contributed by atoms with Crippen molar-refractivity contribution in [1.82, 2.24) is 4.90 Å². The Morgan fingerprint density at radius 2 is 2.05 bits per heavy atom. The average Bonchev–Trinajstić information content (AvgIpc) is 2.83. The molecule has 0 aromatic carbocycles. The van der Waals surface area contributed by atoms with Gasteiger partial charge in [-0.1, -0.05) is 0 Å². The maximum absolute atomic E-state index is 11.9. The second-order valence-electron chi connectivity index (χ2n) is 4.55. The van der Waals surface area contributed by atoms with E-state index in [1.54, 1.807) is 23.3 Å². The fourth-order valence-electron chi connectivity index (χ4n) is 1.78. The van der Waals surface area contributed by atoms with Crippen LogP contribution in [0.4, 0.5) is 0 Å². The lowest BCUT2D eigenvalue weighted by Crippen LogP contribution is -2.28. The summed E-state index contributed by atoms with van der Waals surface area (Å²) in [5, 5.41) is 0. The zero-order chi connectivity index (χ0) is 15.0. The minimum atomic E-state index is -0.228. The van der Waals surface area contributed by atoms with E-state index < -0.39 is 0 Å². The van der Waals surface area contributed by atoms with Crippen LogP contribution in [0.15, 0.2) is 15.9 Å². The summed E-state index contributed by atoms with van der Waals surface area (Å²) < 4.78 is 5.69. The van der Waals surface area contributed by atoms with Gasteiger partial charge in [0.15, 0.2) is 0 Å². The van der Waals surface area contributed by atoms with Crippen molar-refractivity contribution >= 4 is 39.1 Å². The first-order valence-electron chi connectivity index (χ1n) is 6.58. The zero-order valence-corrected chi connectivity index (χ0v) is 14.3. The Labute approximate surface area is 132 Å². The molecule has 0 N–H and O–H groups in total. The first-order chi connectivity index (χ1) is 9.52. The lowest BCUT2D eigenvalue weighted by molar-refractivity contribution is -0.141. The van der Waals surface area contributed by atoms with Crippen molar-refractivity contribution in [2.75, 3.05) is 20.7 Å². The van der Waals surface area contributed by atoms with Crippen LogP contribution in [0.25, 0.3) is 0 Å². The van der Waals surface area contributed by atoms with E-state index in [4.69, 9.17) is 0 Å². The third-order valence-electron chi connectivity index (χ3n) is 2.97. The molecular weight excluding hydrogens is 342 g/mol. The minimum Gasteiger partial charge on any atom is -0.469 e. The van der Waals surface area contributed by atoms with E-state index in [1.807, 2.05) is 6.07 Å². The van der Waals surface area contributed by atoms with Gasteiger partial charge in [0.05, 0.1) is 10.9 Å². The number of carbonyl (C=O) groups excluding carboxylic acids is 2. The van der Waals surface area contributed by atoms with E-state index in [1.165, 1.54) is 12.0 Å². The Hall–Kier alpha value is -0.880. The van der Waals surface area contributed by atoms with Gasteiger partial charge >= 0.3 is 5.97 Å². The van der Waals surface area contributed by atoms with Gasteiger partial charge in [-0.2, -0.15) is 0 Å². The van der Waals surface area contributed by atoms with Gasteiger partial charge < -0.3 is 9.64 Å². The Morgan fingerprint density at radius 3 is 2.65 bits per heavy atom. The van der Waals surface area contributed by atoms with Crippen LogP contribution in [0.3, 0.4) is 0 Å². The molecular formula is C14H20BrNO3S. The van der Waals surface area contributed by atoms with Crippen molar-refractivity contribution in [2.24, 2.45) is 0 Å². The summed E-state index contributed by atoms with van der Waals surface area (Å²) in [5.74, 6) is -0.0976. The highest BCUT2D eigenvalue weighted by Gasteiger charge is 2.09. The van der Waals surface area contributed by atoms with Crippen molar-refractivity contribution in [1.29, 1.82) is 0 Å². The molecule has 0 atom stereocenters. The normalized spacial score (nSPS) is 10.3. The molecule has 1 heterocycles. The summed E-state index contributed by atoms with van der Waals surface area (Å²) in [7, 11) is 3.15. The number of hydrogen-bond acceptors (Lipinski definition) is 4. The number of rotatable bonds is 8. The van der Waals surface area contributed by atoms with Gasteiger partial charge in [0.2, 0.25) is 5.91 Å². The lowest BCUT2D eigenvalue weighted by Gasteiger charge is -2.16. The van der Waals surface area contributed by atoms with E-state index in [0.717, 1.165) is 16.6 Å². The molecule has 0 aliphatic heterocycles.